The van der Waals surface area contributed by atoms with Gasteiger partial charge >= 0.3 is 0 Å². The molecule has 0 amide bonds. The van der Waals surface area contributed by atoms with Crippen LogP contribution in [-0.4, -0.2) is 0 Å². The lowest BCUT2D eigenvalue weighted by atomic mass is 9.85. The quantitative estimate of drug-likeness (QED) is 0.102. The molecular weight excluding hydrogens is 677 g/mol. The summed E-state index contributed by atoms with van der Waals surface area (Å²) in [5.74, 6) is 12.6. The van der Waals surface area contributed by atoms with Crippen LogP contribution in [0.2, 0.25) is 0 Å². The minimum absolute atomic E-state index is 0.693. The average molecular weight is 743 g/mol. The molecule has 0 radical (unpaired) electrons. The summed E-state index contributed by atoms with van der Waals surface area (Å²) in [5, 5.41) is 0. The molecular formula is C55H66O. The average Bonchev–Trinajstić information content (AvgIpc) is 4.10. The number of hydrogen-bond acceptors (Lipinski definition) is 1. The highest BCUT2D eigenvalue weighted by Gasteiger charge is 2.38. The number of hydrogen-bond donors (Lipinski definition) is 0. The first-order chi connectivity index (χ1) is 27.5. The number of benzene rings is 3. The van der Waals surface area contributed by atoms with Crippen LogP contribution in [0.15, 0.2) is 140 Å². The molecule has 0 N–H and O–H groups in total. The number of rotatable bonds is 12. The molecule has 1 heteroatoms. The molecule has 0 spiro atoms. The van der Waals surface area contributed by atoms with Gasteiger partial charge in [-0.2, -0.15) is 0 Å². The lowest BCUT2D eigenvalue weighted by Crippen LogP contribution is -2.09. The molecule has 8 bridgehead atoms. The Hall–Kier alpha value is -3.84. The fourth-order valence-electron chi connectivity index (χ4n) is 12.5. The van der Waals surface area contributed by atoms with Gasteiger partial charge in [0.05, 0.1) is 5.76 Å². The third-order valence-electron chi connectivity index (χ3n) is 15.4. The number of aryl methyl sites for hydroxylation is 1. The molecule has 8 aliphatic carbocycles. The van der Waals surface area contributed by atoms with Gasteiger partial charge in [0, 0.05) is 0 Å². The predicted molar refractivity (Wildman–Crippen MR) is 235 cm³/mol. The molecule has 11 rings (SSSR count). The molecule has 8 aliphatic rings. The highest BCUT2D eigenvalue weighted by Crippen LogP contribution is 2.50. The van der Waals surface area contributed by atoms with Gasteiger partial charge in [0.2, 0.25) is 0 Å². The minimum Gasteiger partial charge on any atom is -0.463 e. The molecule has 4 fully saturated rings. The number of fused-ring (bicyclic) bond motifs is 8. The fraction of sp³-hybridized carbons (Fsp3) is 0.491. The van der Waals surface area contributed by atoms with E-state index in [1.54, 1.807) is 0 Å². The highest BCUT2D eigenvalue weighted by atomic mass is 16.5. The number of allylic oxidation sites excluding steroid dienone is 9. The Balaban J connectivity index is 0.000000110. The fourth-order valence-corrected chi connectivity index (χ4v) is 12.5. The van der Waals surface area contributed by atoms with E-state index in [2.05, 4.69) is 128 Å². The first-order valence-corrected chi connectivity index (χ1v) is 22.8. The van der Waals surface area contributed by atoms with E-state index in [0.717, 1.165) is 76.6 Å². The van der Waals surface area contributed by atoms with Crippen molar-refractivity contribution in [2.24, 2.45) is 65.1 Å². The van der Waals surface area contributed by atoms with Crippen molar-refractivity contribution in [1.82, 2.24) is 0 Å². The summed E-state index contributed by atoms with van der Waals surface area (Å²) in [5.41, 5.74) is 5.53. The Morgan fingerprint density at radius 1 is 0.518 bits per heavy atom. The summed E-state index contributed by atoms with van der Waals surface area (Å²) in [6, 6.07) is 28.3. The van der Waals surface area contributed by atoms with Crippen LogP contribution in [0.1, 0.15) is 107 Å². The Morgan fingerprint density at radius 3 is 1.52 bits per heavy atom. The van der Waals surface area contributed by atoms with Crippen molar-refractivity contribution in [2.75, 3.05) is 0 Å². The van der Waals surface area contributed by atoms with E-state index >= 15 is 0 Å². The third-order valence-corrected chi connectivity index (χ3v) is 15.4. The number of unbranched alkanes of at least 4 members (excludes halogenated alkanes) is 1. The molecule has 12 unspecified atom stereocenters. The summed E-state index contributed by atoms with van der Waals surface area (Å²) in [7, 11) is 0. The lowest BCUT2D eigenvalue weighted by molar-refractivity contribution is 0.360. The zero-order valence-electron chi connectivity index (χ0n) is 34.1. The van der Waals surface area contributed by atoms with Crippen molar-refractivity contribution in [3.63, 3.8) is 0 Å². The van der Waals surface area contributed by atoms with Crippen LogP contribution in [-0.2, 0) is 6.42 Å². The molecule has 56 heavy (non-hydrogen) atoms. The van der Waals surface area contributed by atoms with Crippen LogP contribution in [0.5, 0.6) is 5.75 Å². The molecule has 0 saturated heterocycles. The lowest BCUT2D eigenvalue weighted by Gasteiger charge is -2.20. The second-order valence-electron chi connectivity index (χ2n) is 19.3. The molecule has 3 aromatic rings. The summed E-state index contributed by atoms with van der Waals surface area (Å²) in [6.45, 7) is 5.66. The molecule has 4 saturated carbocycles. The van der Waals surface area contributed by atoms with Gasteiger partial charge in [0.1, 0.15) is 5.75 Å². The van der Waals surface area contributed by atoms with Crippen LogP contribution in [0.3, 0.4) is 0 Å². The van der Waals surface area contributed by atoms with Gasteiger partial charge in [-0.1, -0.05) is 135 Å². The van der Waals surface area contributed by atoms with Crippen molar-refractivity contribution in [2.45, 2.75) is 103 Å². The van der Waals surface area contributed by atoms with Crippen LogP contribution in [0, 0.1) is 65.1 Å². The van der Waals surface area contributed by atoms with Crippen LogP contribution in [0.4, 0.5) is 0 Å². The second-order valence-corrected chi connectivity index (χ2v) is 19.3. The monoisotopic (exact) mass is 743 g/mol. The van der Waals surface area contributed by atoms with E-state index in [1.165, 1.54) is 112 Å². The first kappa shape index (κ1) is 37.7. The summed E-state index contributed by atoms with van der Waals surface area (Å²) in [6.07, 6.45) is 39.8. The highest BCUT2D eigenvalue weighted by molar-refractivity contribution is 5.63. The van der Waals surface area contributed by atoms with Gasteiger partial charge in [0.15, 0.2) is 0 Å². The van der Waals surface area contributed by atoms with Crippen molar-refractivity contribution in [3.05, 3.63) is 151 Å². The maximum Gasteiger partial charge on any atom is 0.127 e. The topological polar surface area (TPSA) is 9.23 Å². The van der Waals surface area contributed by atoms with E-state index in [-0.39, 0.29) is 0 Å². The van der Waals surface area contributed by atoms with Crippen molar-refractivity contribution in [3.8, 4) is 16.9 Å². The Labute approximate surface area is 339 Å². The minimum atomic E-state index is 0.693. The largest absolute Gasteiger partial charge is 0.463 e. The van der Waals surface area contributed by atoms with Gasteiger partial charge in [-0.05, 0) is 189 Å². The van der Waals surface area contributed by atoms with Crippen LogP contribution in [0.25, 0.3) is 11.1 Å². The molecule has 292 valence electrons. The molecule has 0 aromatic heterocycles. The zero-order valence-corrected chi connectivity index (χ0v) is 34.1. The van der Waals surface area contributed by atoms with Crippen LogP contribution >= 0.6 is 0 Å². The zero-order chi connectivity index (χ0) is 37.8. The van der Waals surface area contributed by atoms with Gasteiger partial charge in [-0.3, -0.25) is 0 Å². The summed E-state index contributed by atoms with van der Waals surface area (Å²) < 4.78 is 5.58. The Kier molecular flexibility index (Phi) is 11.7. The normalized spacial score (nSPS) is 34.2. The van der Waals surface area contributed by atoms with E-state index in [9.17, 15) is 0 Å². The standard InChI is InChI=1S/C21H22.C18H26.C16H18O/c1-2-4-18(5-3-1)19-10-6-16(7-11-19)8-12-20-14-17-9-13-21(20)15-17;1(3-15-9-13-5-7-17(15)11-13)2-4-16-10-14-6-8-18(16)12-14;1-11(2)17-15-5-3-4-13(10-15)16-9-12-6-7-14(16)8-12/h1-7,9-11,13,17,20-21H,8,12,14-15H2;5-8,13-18H,1-4,9-12H2;3-7,10,12,14,16H,1,8-9H2,2H3. The van der Waals surface area contributed by atoms with E-state index < -0.39 is 0 Å². The van der Waals surface area contributed by atoms with Gasteiger partial charge < -0.3 is 4.74 Å². The van der Waals surface area contributed by atoms with E-state index in [4.69, 9.17) is 4.74 Å². The third kappa shape index (κ3) is 8.98. The van der Waals surface area contributed by atoms with Gasteiger partial charge in [-0.25, -0.2) is 0 Å². The van der Waals surface area contributed by atoms with Crippen LogP contribution < -0.4 is 4.74 Å². The Morgan fingerprint density at radius 2 is 1.04 bits per heavy atom. The molecule has 12 atom stereocenters. The predicted octanol–water partition coefficient (Wildman–Crippen LogP) is 14.7. The van der Waals surface area contributed by atoms with Crippen molar-refractivity contribution in [1.29, 1.82) is 0 Å². The van der Waals surface area contributed by atoms with Gasteiger partial charge in [-0.15, -0.1) is 0 Å². The maximum atomic E-state index is 5.58. The SMILES string of the molecule is C1=CC2CC1CC2CCCCC1CC2C=CC1C2.C1=CC2CC1CC2CCc1ccc(-c2ccccc2)cc1.C=C(C)Oc1cccc(C2CC3C=CC2C3)c1. The first-order valence-electron chi connectivity index (χ1n) is 22.8. The van der Waals surface area contributed by atoms with Gasteiger partial charge in [0.25, 0.3) is 0 Å². The summed E-state index contributed by atoms with van der Waals surface area (Å²) >= 11 is 0. The molecule has 3 aromatic carbocycles. The molecule has 1 nitrogen and oxygen atoms in total. The second kappa shape index (κ2) is 17.3. The smallest absolute Gasteiger partial charge is 0.127 e. The Bertz CT molecular complexity index is 1860. The number of ether oxygens (including phenoxy) is 1. The maximum absolute atomic E-state index is 5.58. The van der Waals surface area contributed by atoms with E-state index in [0.29, 0.717) is 5.92 Å². The van der Waals surface area contributed by atoms with Crippen molar-refractivity contribution < 1.29 is 4.74 Å². The summed E-state index contributed by atoms with van der Waals surface area (Å²) in [4.78, 5) is 0. The van der Waals surface area contributed by atoms with E-state index in [1.807, 2.05) is 13.0 Å². The molecule has 0 heterocycles. The molecule has 0 aliphatic heterocycles. The van der Waals surface area contributed by atoms with Crippen molar-refractivity contribution >= 4 is 0 Å².